The molecule has 2 rings (SSSR count). The summed E-state index contributed by atoms with van der Waals surface area (Å²) in [5, 5.41) is 8.96. The summed E-state index contributed by atoms with van der Waals surface area (Å²) < 4.78 is 4.74. The normalized spacial score (nSPS) is 17.9. The molecule has 0 aliphatic carbocycles. The Morgan fingerprint density at radius 1 is 1.50 bits per heavy atom. The standard InChI is InChI=1S/C14H13ClN2O3/c15-12-4-2-1-3-10(12)8-17-9-11(7-13(17)18)14(19)20-6-5-16/h1-4,11H,6-9H2/t11-/m1/s1. The van der Waals surface area contributed by atoms with E-state index in [9.17, 15) is 9.59 Å². The maximum absolute atomic E-state index is 11.9. The minimum atomic E-state index is -0.502. The molecule has 1 aromatic carbocycles. The van der Waals surface area contributed by atoms with E-state index in [4.69, 9.17) is 21.6 Å². The van der Waals surface area contributed by atoms with Crippen molar-refractivity contribution in [1.29, 1.82) is 5.26 Å². The monoisotopic (exact) mass is 292 g/mol. The first-order chi connectivity index (χ1) is 9.61. The number of nitrogens with zero attached hydrogens (tertiary/aromatic N) is 2. The first-order valence-corrected chi connectivity index (χ1v) is 6.54. The number of benzene rings is 1. The molecule has 0 N–H and O–H groups in total. The fraction of sp³-hybridized carbons (Fsp3) is 0.357. The van der Waals surface area contributed by atoms with Gasteiger partial charge in [-0.2, -0.15) is 5.26 Å². The van der Waals surface area contributed by atoms with Crippen LogP contribution in [0.25, 0.3) is 0 Å². The van der Waals surface area contributed by atoms with E-state index < -0.39 is 11.9 Å². The second-order valence-electron chi connectivity index (χ2n) is 4.53. The minimum Gasteiger partial charge on any atom is -0.450 e. The number of esters is 1. The van der Waals surface area contributed by atoms with E-state index in [1.54, 1.807) is 17.0 Å². The predicted molar refractivity (Wildman–Crippen MR) is 71.5 cm³/mol. The van der Waals surface area contributed by atoms with Crippen LogP contribution in [-0.4, -0.2) is 29.9 Å². The van der Waals surface area contributed by atoms with E-state index >= 15 is 0 Å². The molecule has 0 radical (unpaired) electrons. The van der Waals surface area contributed by atoms with Gasteiger partial charge in [-0.1, -0.05) is 29.8 Å². The molecule has 1 aliphatic rings. The van der Waals surface area contributed by atoms with Crippen molar-refractivity contribution in [3.05, 3.63) is 34.9 Å². The van der Waals surface area contributed by atoms with Gasteiger partial charge in [0.2, 0.25) is 5.91 Å². The van der Waals surface area contributed by atoms with E-state index in [1.165, 1.54) is 0 Å². The van der Waals surface area contributed by atoms with Gasteiger partial charge in [0.1, 0.15) is 6.07 Å². The molecule has 0 aromatic heterocycles. The Labute approximate surface area is 121 Å². The molecule has 5 nitrogen and oxygen atoms in total. The molecule has 1 amide bonds. The van der Waals surface area contributed by atoms with E-state index in [0.29, 0.717) is 18.1 Å². The Kier molecular flexibility index (Phi) is 4.59. The molecule has 1 fully saturated rings. The molecular formula is C14H13ClN2O3. The Hall–Kier alpha value is -2.06. The second kappa shape index (κ2) is 6.40. The topological polar surface area (TPSA) is 70.4 Å². The lowest BCUT2D eigenvalue weighted by Gasteiger charge is -2.17. The molecule has 0 saturated carbocycles. The molecule has 1 aliphatic heterocycles. The molecule has 1 heterocycles. The summed E-state index contributed by atoms with van der Waals surface area (Å²) >= 11 is 6.05. The van der Waals surface area contributed by atoms with Gasteiger partial charge in [-0.05, 0) is 11.6 Å². The fourth-order valence-electron chi connectivity index (χ4n) is 2.14. The third-order valence-electron chi connectivity index (χ3n) is 3.15. The van der Waals surface area contributed by atoms with Crippen LogP contribution in [0.1, 0.15) is 12.0 Å². The molecule has 0 unspecified atom stereocenters. The van der Waals surface area contributed by atoms with Crippen LogP contribution in [0.3, 0.4) is 0 Å². The zero-order valence-corrected chi connectivity index (χ0v) is 11.5. The summed E-state index contributed by atoms with van der Waals surface area (Å²) in [7, 11) is 0. The van der Waals surface area contributed by atoms with E-state index in [2.05, 4.69) is 0 Å². The van der Waals surface area contributed by atoms with Crippen molar-refractivity contribution in [2.24, 2.45) is 5.92 Å². The number of likely N-dealkylation sites (tertiary alicyclic amines) is 1. The SMILES string of the molecule is N#CCOC(=O)[C@@H]1CC(=O)N(Cc2ccccc2Cl)C1. The number of carbonyl (C=O) groups is 2. The Balaban J connectivity index is 1.98. The van der Waals surface area contributed by atoms with Crippen molar-refractivity contribution in [2.45, 2.75) is 13.0 Å². The van der Waals surface area contributed by atoms with Crippen molar-refractivity contribution >= 4 is 23.5 Å². The molecule has 1 saturated heterocycles. The van der Waals surface area contributed by atoms with Crippen molar-refractivity contribution in [3.63, 3.8) is 0 Å². The highest BCUT2D eigenvalue weighted by molar-refractivity contribution is 6.31. The molecule has 104 valence electrons. The highest BCUT2D eigenvalue weighted by atomic mass is 35.5. The molecule has 0 spiro atoms. The Bertz CT molecular complexity index is 568. The maximum Gasteiger partial charge on any atom is 0.312 e. The first kappa shape index (κ1) is 14.4. The number of rotatable bonds is 4. The molecule has 1 atom stereocenters. The van der Waals surface area contributed by atoms with Gasteiger partial charge in [-0.3, -0.25) is 9.59 Å². The van der Waals surface area contributed by atoms with Crippen LogP contribution in [0.15, 0.2) is 24.3 Å². The average molecular weight is 293 g/mol. The van der Waals surface area contributed by atoms with Gasteiger partial charge in [0.05, 0.1) is 5.92 Å². The summed E-state index contributed by atoms with van der Waals surface area (Å²) in [4.78, 5) is 25.1. The molecule has 1 aromatic rings. The fourth-order valence-corrected chi connectivity index (χ4v) is 2.33. The van der Waals surface area contributed by atoms with Gasteiger partial charge in [-0.25, -0.2) is 0 Å². The summed E-state index contributed by atoms with van der Waals surface area (Å²) in [6.45, 7) is 0.392. The van der Waals surface area contributed by atoms with Gasteiger partial charge >= 0.3 is 5.97 Å². The van der Waals surface area contributed by atoms with Crippen LogP contribution < -0.4 is 0 Å². The van der Waals surface area contributed by atoms with Crippen LogP contribution in [0.4, 0.5) is 0 Å². The molecule has 0 bridgehead atoms. The lowest BCUT2D eigenvalue weighted by molar-refractivity contribution is -0.146. The van der Waals surface area contributed by atoms with Gasteiger partial charge in [-0.15, -0.1) is 0 Å². The van der Waals surface area contributed by atoms with E-state index in [1.807, 2.05) is 18.2 Å². The quantitative estimate of drug-likeness (QED) is 0.793. The lowest BCUT2D eigenvalue weighted by Crippen LogP contribution is -2.26. The lowest BCUT2D eigenvalue weighted by atomic mass is 10.1. The first-order valence-electron chi connectivity index (χ1n) is 6.16. The summed E-state index contributed by atoms with van der Waals surface area (Å²) in [6, 6.07) is 9.00. The van der Waals surface area contributed by atoms with Crippen molar-refractivity contribution in [2.75, 3.05) is 13.2 Å². The van der Waals surface area contributed by atoms with Crippen LogP contribution in [0, 0.1) is 17.2 Å². The number of ether oxygens (including phenoxy) is 1. The number of carbonyl (C=O) groups excluding carboxylic acids is 2. The van der Waals surface area contributed by atoms with Crippen molar-refractivity contribution in [1.82, 2.24) is 4.90 Å². The zero-order valence-electron chi connectivity index (χ0n) is 10.7. The van der Waals surface area contributed by atoms with Gasteiger partial charge in [0, 0.05) is 24.5 Å². The highest BCUT2D eigenvalue weighted by Crippen LogP contribution is 2.24. The Morgan fingerprint density at radius 2 is 2.25 bits per heavy atom. The third kappa shape index (κ3) is 3.28. The summed E-state index contributed by atoms with van der Waals surface area (Å²) in [5.74, 6) is -1.11. The van der Waals surface area contributed by atoms with Crippen molar-refractivity contribution in [3.8, 4) is 6.07 Å². The largest absolute Gasteiger partial charge is 0.450 e. The smallest absolute Gasteiger partial charge is 0.312 e. The van der Waals surface area contributed by atoms with Gasteiger partial charge in [0.15, 0.2) is 6.61 Å². The van der Waals surface area contributed by atoms with Crippen LogP contribution >= 0.6 is 11.6 Å². The molecule has 6 heteroatoms. The second-order valence-corrected chi connectivity index (χ2v) is 4.94. The summed E-state index contributed by atoms with van der Waals surface area (Å²) in [6.07, 6.45) is 0.120. The third-order valence-corrected chi connectivity index (χ3v) is 3.51. The predicted octanol–water partition coefficient (Wildman–Crippen LogP) is 1.76. The summed E-state index contributed by atoms with van der Waals surface area (Å²) in [5.41, 5.74) is 0.841. The van der Waals surface area contributed by atoms with E-state index in [-0.39, 0.29) is 18.9 Å². The number of amides is 1. The number of halogens is 1. The van der Waals surface area contributed by atoms with Gasteiger partial charge in [0.25, 0.3) is 0 Å². The average Bonchev–Trinajstić information content (AvgIpc) is 2.80. The maximum atomic E-state index is 11.9. The zero-order chi connectivity index (χ0) is 14.5. The molecule has 20 heavy (non-hydrogen) atoms. The van der Waals surface area contributed by atoms with Crippen LogP contribution in [0.5, 0.6) is 0 Å². The number of nitriles is 1. The minimum absolute atomic E-state index is 0.108. The number of hydrogen-bond donors (Lipinski definition) is 0. The van der Waals surface area contributed by atoms with Gasteiger partial charge < -0.3 is 9.64 Å². The van der Waals surface area contributed by atoms with Crippen LogP contribution in [0.2, 0.25) is 5.02 Å². The number of hydrogen-bond acceptors (Lipinski definition) is 4. The van der Waals surface area contributed by atoms with Crippen molar-refractivity contribution < 1.29 is 14.3 Å². The Morgan fingerprint density at radius 3 is 2.95 bits per heavy atom. The molecular weight excluding hydrogens is 280 g/mol. The van der Waals surface area contributed by atoms with E-state index in [0.717, 1.165) is 5.56 Å². The van der Waals surface area contributed by atoms with Crippen LogP contribution in [-0.2, 0) is 20.9 Å². The highest BCUT2D eigenvalue weighted by Gasteiger charge is 2.35.